The van der Waals surface area contributed by atoms with E-state index in [0.717, 1.165) is 12.2 Å². The number of ether oxygens (including phenoxy) is 1. The van der Waals surface area contributed by atoms with Crippen LogP contribution in [-0.2, 0) is 0 Å². The number of benzene rings is 1. The van der Waals surface area contributed by atoms with Gasteiger partial charge in [0.25, 0.3) is 0 Å². The Kier molecular flexibility index (Phi) is 6.38. The number of Topliss-reactive ketones (excluding diaryl/α,β-unsaturated/α-hetero) is 1. The van der Waals surface area contributed by atoms with Crippen molar-refractivity contribution in [2.45, 2.75) is 46.0 Å². The summed E-state index contributed by atoms with van der Waals surface area (Å²) in [6.07, 6.45) is 6.09. The molecule has 1 aromatic rings. The van der Waals surface area contributed by atoms with Crippen LogP contribution in [0, 0.1) is 0 Å². The van der Waals surface area contributed by atoms with Crippen LogP contribution in [0.1, 0.15) is 56.3 Å². The second-order valence-electron chi connectivity index (χ2n) is 4.32. The van der Waals surface area contributed by atoms with Crippen molar-refractivity contribution in [2.75, 3.05) is 6.61 Å². The van der Waals surface area contributed by atoms with Gasteiger partial charge in [-0.1, -0.05) is 44.7 Å². The highest BCUT2D eigenvalue weighted by atomic mass is 16.5. The van der Waals surface area contributed by atoms with E-state index in [4.69, 9.17) is 4.74 Å². The van der Waals surface area contributed by atoms with Gasteiger partial charge in [0.05, 0.1) is 12.2 Å². The number of carbonyl (C=O) groups is 1. The SMILES string of the molecule is CCCCCCCOc1ccccc1C(C)=O. The minimum Gasteiger partial charge on any atom is -0.493 e. The molecule has 2 heteroatoms. The Balaban J connectivity index is 2.34. The topological polar surface area (TPSA) is 26.3 Å². The lowest BCUT2D eigenvalue weighted by Gasteiger charge is -2.09. The highest BCUT2D eigenvalue weighted by molar-refractivity contribution is 5.96. The molecule has 0 aromatic heterocycles. The molecule has 0 heterocycles. The van der Waals surface area contributed by atoms with E-state index < -0.39 is 0 Å². The van der Waals surface area contributed by atoms with E-state index in [2.05, 4.69) is 6.92 Å². The van der Waals surface area contributed by atoms with E-state index in [1.54, 1.807) is 6.92 Å². The average Bonchev–Trinajstić information content (AvgIpc) is 2.34. The largest absolute Gasteiger partial charge is 0.493 e. The number of unbranched alkanes of at least 4 members (excludes halogenated alkanes) is 4. The van der Waals surface area contributed by atoms with Gasteiger partial charge in [0.1, 0.15) is 5.75 Å². The normalized spacial score (nSPS) is 10.2. The number of carbonyl (C=O) groups excluding carboxylic acids is 1. The third kappa shape index (κ3) is 5.03. The molecule has 0 amide bonds. The van der Waals surface area contributed by atoms with Crippen molar-refractivity contribution in [2.24, 2.45) is 0 Å². The summed E-state index contributed by atoms with van der Waals surface area (Å²) in [5, 5.41) is 0. The van der Waals surface area contributed by atoms with E-state index in [0.29, 0.717) is 12.2 Å². The molecule has 94 valence electrons. The first-order valence-corrected chi connectivity index (χ1v) is 6.48. The van der Waals surface area contributed by atoms with Gasteiger partial charge in [-0.25, -0.2) is 0 Å². The minimum absolute atomic E-state index is 0.0617. The Morgan fingerprint density at radius 2 is 1.82 bits per heavy atom. The highest BCUT2D eigenvalue weighted by Gasteiger charge is 2.06. The fraction of sp³-hybridized carbons (Fsp3) is 0.533. The second kappa shape index (κ2) is 7.88. The fourth-order valence-electron chi connectivity index (χ4n) is 1.77. The van der Waals surface area contributed by atoms with Crippen LogP contribution in [0.2, 0.25) is 0 Å². The predicted molar refractivity (Wildman–Crippen MR) is 70.7 cm³/mol. The van der Waals surface area contributed by atoms with Crippen molar-refractivity contribution >= 4 is 5.78 Å². The predicted octanol–water partition coefficient (Wildman–Crippen LogP) is 4.24. The Morgan fingerprint density at radius 1 is 1.12 bits per heavy atom. The first-order chi connectivity index (χ1) is 8.25. The van der Waals surface area contributed by atoms with Crippen molar-refractivity contribution in [1.29, 1.82) is 0 Å². The third-order valence-electron chi connectivity index (χ3n) is 2.77. The molecule has 0 aliphatic rings. The molecule has 0 fully saturated rings. The summed E-state index contributed by atoms with van der Waals surface area (Å²) in [5.41, 5.74) is 0.682. The molecule has 0 bridgehead atoms. The number of ketones is 1. The molecule has 1 rings (SSSR count). The molecule has 0 unspecified atom stereocenters. The molecule has 0 spiro atoms. The summed E-state index contributed by atoms with van der Waals surface area (Å²) in [6, 6.07) is 7.45. The van der Waals surface area contributed by atoms with Gasteiger partial charge < -0.3 is 4.74 Å². The second-order valence-corrected chi connectivity index (χ2v) is 4.32. The van der Waals surface area contributed by atoms with Crippen LogP contribution in [0.3, 0.4) is 0 Å². The lowest BCUT2D eigenvalue weighted by Crippen LogP contribution is -2.02. The Morgan fingerprint density at radius 3 is 2.53 bits per heavy atom. The lowest BCUT2D eigenvalue weighted by molar-refractivity contribution is 0.101. The molecule has 0 saturated carbocycles. The van der Waals surface area contributed by atoms with Gasteiger partial charge >= 0.3 is 0 Å². The zero-order valence-corrected chi connectivity index (χ0v) is 10.9. The summed E-state index contributed by atoms with van der Waals surface area (Å²) in [7, 11) is 0. The molecule has 0 radical (unpaired) electrons. The Hall–Kier alpha value is -1.31. The van der Waals surface area contributed by atoms with E-state index in [1.807, 2.05) is 24.3 Å². The van der Waals surface area contributed by atoms with Crippen LogP contribution in [0.4, 0.5) is 0 Å². The van der Waals surface area contributed by atoms with Gasteiger partial charge in [0, 0.05) is 0 Å². The first-order valence-electron chi connectivity index (χ1n) is 6.48. The molecule has 2 nitrogen and oxygen atoms in total. The van der Waals surface area contributed by atoms with Crippen LogP contribution in [0.5, 0.6) is 5.75 Å². The van der Waals surface area contributed by atoms with Crippen molar-refractivity contribution in [1.82, 2.24) is 0 Å². The maximum Gasteiger partial charge on any atom is 0.163 e. The lowest BCUT2D eigenvalue weighted by atomic mass is 10.1. The summed E-state index contributed by atoms with van der Waals surface area (Å²) in [5.74, 6) is 0.780. The van der Waals surface area contributed by atoms with E-state index >= 15 is 0 Å². The molecule has 0 aliphatic carbocycles. The van der Waals surface area contributed by atoms with E-state index in [1.165, 1.54) is 25.7 Å². The fourth-order valence-corrected chi connectivity index (χ4v) is 1.77. The third-order valence-corrected chi connectivity index (χ3v) is 2.77. The van der Waals surface area contributed by atoms with Crippen molar-refractivity contribution in [3.8, 4) is 5.75 Å². The van der Waals surface area contributed by atoms with Crippen LogP contribution >= 0.6 is 0 Å². The quantitative estimate of drug-likeness (QED) is 0.497. The van der Waals surface area contributed by atoms with E-state index in [9.17, 15) is 4.79 Å². The number of para-hydroxylation sites is 1. The first kappa shape index (κ1) is 13.8. The van der Waals surface area contributed by atoms with Crippen molar-refractivity contribution in [3.63, 3.8) is 0 Å². The van der Waals surface area contributed by atoms with Crippen LogP contribution in [0.25, 0.3) is 0 Å². The average molecular weight is 234 g/mol. The molecule has 1 aromatic carbocycles. The molecule has 0 N–H and O–H groups in total. The zero-order valence-electron chi connectivity index (χ0n) is 10.9. The summed E-state index contributed by atoms with van der Waals surface area (Å²) >= 11 is 0. The molecule has 0 atom stereocenters. The van der Waals surface area contributed by atoms with Gasteiger partial charge in [-0.2, -0.15) is 0 Å². The Labute approximate surface area is 104 Å². The smallest absolute Gasteiger partial charge is 0.163 e. The summed E-state index contributed by atoms with van der Waals surface area (Å²) in [6.45, 7) is 4.48. The van der Waals surface area contributed by atoms with Crippen LogP contribution in [-0.4, -0.2) is 12.4 Å². The Bertz CT molecular complexity index is 345. The van der Waals surface area contributed by atoms with Crippen molar-refractivity contribution in [3.05, 3.63) is 29.8 Å². The number of rotatable bonds is 8. The van der Waals surface area contributed by atoms with Crippen LogP contribution in [0.15, 0.2) is 24.3 Å². The van der Waals surface area contributed by atoms with E-state index in [-0.39, 0.29) is 5.78 Å². The highest BCUT2D eigenvalue weighted by Crippen LogP contribution is 2.18. The monoisotopic (exact) mass is 234 g/mol. The standard InChI is InChI=1S/C15H22O2/c1-3-4-5-6-9-12-17-15-11-8-7-10-14(15)13(2)16/h7-8,10-11H,3-6,9,12H2,1-2H3. The van der Waals surface area contributed by atoms with Gasteiger partial charge in [-0.05, 0) is 25.5 Å². The molecular formula is C15H22O2. The number of hydrogen-bond acceptors (Lipinski definition) is 2. The maximum absolute atomic E-state index is 11.4. The van der Waals surface area contributed by atoms with Gasteiger partial charge in [-0.3, -0.25) is 4.79 Å². The summed E-state index contributed by atoms with van der Waals surface area (Å²) in [4.78, 5) is 11.4. The maximum atomic E-state index is 11.4. The van der Waals surface area contributed by atoms with Crippen LogP contribution < -0.4 is 4.74 Å². The summed E-state index contributed by atoms with van der Waals surface area (Å²) < 4.78 is 5.66. The zero-order chi connectivity index (χ0) is 12.5. The minimum atomic E-state index is 0.0617. The van der Waals surface area contributed by atoms with Crippen molar-refractivity contribution < 1.29 is 9.53 Å². The van der Waals surface area contributed by atoms with Gasteiger partial charge in [0.15, 0.2) is 5.78 Å². The van der Waals surface area contributed by atoms with Gasteiger partial charge in [-0.15, -0.1) is 0 Å². The number of hydrogen-bond donors (Lipinski definition) is 0. The van der Waals surface area contributed by atoms with Gasteiger partial charge in [0.2, 0.25) is 0 Å². The molecule has 17 heavy (non-hydrogen) atoms. The molecule has 0 saturated heterocycles. The molecular weight excluding hydrogens is 212 g/mol. The molecule has 0 aliphatic heterocycles.